The van der Waals surface area contributed by atoms with Crippen LogP contribution >= 0.6 is 0 Å². The summed E-state index contributed by atoms with van der Waals surface area (Å²) in [5, 5.41) is 5.69. The second kappa shape index (κ2) is 7.01. The maximum absolute atomic E-state index is 11.7. The fraction of sp³-hybridized carbons (Fsp3) is 0.455. The molecule has 0 aliphatic carbocycles. The predicted octanol–water partition coefficient (Wildman–Crippen LogP) is 0.622. The van der Waals surface area contributed by atoms with Gasteiger partial charge in [-0.05, 0) is 18.6 Å². The SMILES string of the molecule is CNc1ccnc(C(=O)NCCCS(C)=O)c1. The molecule has 0 radical (unpaired) electrons. The highest BCUT2D eigenvalue weighted by Gasteiger charge is 2.06. The van der Waals surface area contributed by atoms with Crippen molar-refractivity contribution in [2.75, 3.05) is 30.9 Å². The average molecular weight is 255 g/mol. The number of hydrogen-bond donors (Lipinski definition) is 2. The topological polar surface area (TPSA) is 71.1 Å². The molecule has 0 aliphatic rings. The third-order valence-electron chi connectivity index (χ3n) is 2.18. The number of amides is 1. The number of aromatic nitrogens is 1. The standard InChI is InChI=1S/C11H17N3O2S/c1-12-9-4-6-13-10(8-9)11(15)14-5-3-7-17(2)16/h4,6,8H,3,5,7H2,1-2H3,(H,12,13)(H,14,15). The molecule has 0 aromatic carbocycles. The number of nitrogens with one attached hydrogen (secondary N) is 2. The molecule has 0 fully saturated rings. The Kier molecular flexibility index (Phi) is 5.62. The Morgan fingerprint density at radius 3 is 2.94 bits per heavy atom. The molecule has 1 unspecified atom stereocenters. The third kappa shape index (κ3) is 4.95. The molecule has 0 aliphatic heterocycles. The van der Waals surface area contributed by atoms with Crippen LogP contribution in [0.15, 0.2) is 18.3 Å². The lowest BCUT2D eigenvalue weighted by Gasteiger charge is -2.05. The molecule has 1 amide bonds. The first kappa shape index (κ1) is 13.6. The molecule has 0 spiro atoms. The summed E-state index contributed by atoms with van der Waals surface area (Å²) >= 11 is 0. The minimum Gasteiger partial charge on any atom is -0.388 e. The Labute approximate surface area is 103 Å². The van der Waals surface area contributed by atoms with Crippen molar-refractivity contribution in [3.05, 3.63) is 24.0 Å². The molecule has 1 aromatic heterocycles. The lowest BCUT2D eigenvalue weighted by atomic mass is 10.3. The van der Waals surface area contributed by atoms with Crippen molar-refractivity contribution in [1.82, 2.24) is 10.3 Å². The van der Waals surface area contributed by atoms with E-state index in [0.29, 0.717) is 24.4 Å². The summed E-state index contributed by atoms with van der Waals surface area (Å²) in [4.78, 5) is 15.7. The molecular weight excluding hydrogens is 238 g/mol. The number of carbonyl (C=O) groups is 1. The van der Waals surface area contributed by atoms with Gasteiger partial charge in [-0.2, -0.15) is 0 Å². The van der Waals surface area contributed by atoms with Crippen LogP contribution in [0, 0.1) is 0 Å². The van der Waals surface area contributed by atoms with Crippen LogP contribution in [-0.2, 0) is 10.8 Å². The van der Waals surface area contributed by atoms with E-state index >= 15 is 0 Å². The van der Waals surface area contributed by atoms with Gasteiger partial charge in [-0.1, -0.05) is 0 Å². The molecule has 0 saturated heterocycles. The first-order valence-corrected chi connectivity index (χ1v) is 7.08. The zero-order chi connectivity index (χ0) is 12.7. The largest absolute Gasteiger partial charge is 0.388 e. The lowest BCUT2D eigenvalue weighted by molar-refractivity contribution is 0.0949. The first-order valence-electron chi connectivity index (χ1n) is 5.35. The molecular formula is C11H17N3O2S. The van der Waals surface area contributed by atoms with E-state index in [2.05, 4.69) is 15.6 Å². The van der Waals surface area contributed by atoms with Crippen LogP contribution in [0.25, 0.3) is 0 Å². The van der Waals surface area contributed by atoms with Crippen molar-refractivity contribution in [2.45, 2.75) is 6.42 Å². The molecule has 5 nitrogen and oxygen atoms in total. The second-order valence-electron chi connectivity index (χ2n) is 3.57. The molecule has 0 saturated carbocycles. The van der Waals surface area contributed by atoms with Gasteiger partial charge < -0.3 is 10.6 Å². The molecule has 17 heavy (non-hydrogen) atoms. The van der Waals surface area contributed by atoms with Crippen LogP contribution in [0.4, 0.5) is 5.69 Å². The van der Waals surface area contributed by atoms with Crippen molar-refractivity contribution in [1.29, 1.82) is 0 Å². The van der Waals surface area contributed by atoms with Crippen molar-refractivity contribution in [2.24, 2.45) is 0 Å². The van der Waals surface area contributed by atoms with Gasteiger partial charge in [0.25, 0.3) is 5.91 Å². The van der Waals surface area contributed by atoms with Crippen LogP contribution in [0.3, 0.4) is 0 Å². The quantitative estimate of drug-likeness (QED) is 0.731. The highest BCUT2D eigenvalue weighted by Crippen LogP contribution is 2.06. The Balaban J connectivity index is 2.43. The zero-order valence-electron chi connectivity index (χ0n) is 10.0. The Morgan fingerprint density at radius 2 is 2.29 bits per heavy atom. The van der Waals surface area contributed by atoms with Gasteiger partial charge in [0.2, 0.25) is 0 Å². The van der Waals surface area contributed by atoms with E-state index in [0.717, 1.165) is 5.69 Å². The van der Waals surface area contributed by atoms with Crippen molar-refractivity contribution < 1.29 is 9.00 Å². The molecule has 2 N–H and O–H groups in total. The van der Waals surface area contributed by atoms with Crippen LogP contribution in [0.2, 0.25) is 0 Å². The van der Waals surface area contributed by atoms with Crippen molar-refractivity contribution in [3.63, 3.8) is 0 Å². The molecule has 1 aromatic rings. The fourth-order valence-corrected chi connectivity index (χ4v) is 1.83. The molecule has 0 bridgehead atoms. The number of pyridine rings is 1. The van der Waals surface area contributed by atoms with Crippen molar-refractivity contribution in [3.8, 4) is 0 Å². The van der Waals surface area contributed by atoms with E-state index < -0.39 is 10.8 Å². The van der Waals surface area contributed by atoms with Crippen LogP contribution in [-0.4, -0.2) is 40.7 Å². The van der Waals surface area contributed by atoms with E-state index in [1.54, 1.807) is 31.6 Å². The number of carbonyl (C=O) groups excluding carboxylic acids is 1. The van der Waals surface area contributed by atoms with Gasteiger partial charge in [0.1, 0.15) is 5.69 Å². The fourth-order valence-electron chi connectivity index (χ4n) is 1.28. The highest BCUT2D eigenvalue weighted by molar-refractivity contribution is 7.84. The van der Waals surface area contributed by atoms with Gasteiger partial charge in [-0.3, -0.25) is 14.0 Å². The van der Waals surface area contributed by atoms with Crippen molar-refractivity contribution >= 4 is 22.4 Å². The van der Waals surface area contributed by atoms with Crippen LogP contribution < -0.4 is 10.6 Å². The van der Waals surface area contributed by atoms with E-state index in [9.17, 15) is 9.00 Å². The van der Waals surface area contributed by atoms with Gasteiger partial charge in [-0.25, -0.2) is 0 Å². The molecule has 1 atom stereocenters. The van der Waals surface area contributed by atoms with Gasteiger partial charge in [0.05, 0.1) is 0 Å². The Morgan fingerprint density at radius 1 is 1.53 bits per heavy atom. The van der Waals surface area contributed by atoms with E-state index in [1.807, 2.05) is 0 Å². The molecule has 94 valence electrons. The number of nitrogens with zero attached hydrogens (tertiary/aromatic N) is 1. The summed E-state index contributed by atoms with van der Waals surface area (Å²) in [6.07, 6.45) is 3.95. The average Bonchev–Trinajstić information content (AvgIpc) is 2.34. The Bertz CT molecular complexity index is 409. The van der Waals surface area contributed by atoms with E-state index in [4.69, 9.17) is 0 Å². The van der Waals surface area contributed by atoms with Gasteiger partial charge in [0.15, 0.2) is 0 Å². The van der Waals surface area contributed by atoms with E-state index in [1.165, 1.54) is 0 Å². The number of anilines is 1. The van der Waals surface area contributed by atoms with Gasteiger partial charge >= 0.3 is 0 Å². The minimum atomic E-state index is -0.807. The highest BCUT2D eigenvalue weighted by atomic mass is 32.2. The van der Waals surface area contributed by atoms with Gasteiger partial charge in [-0.15, -0.1) is 0 Å². The minimum absolute atomic E-state index is 0.205. The summed E-state index contributed by atoms with van der Waals surface area (Å²) in [5.74, 6) is 0.397. The third-order valence-corrected chi connectivity index (χ3v) is 3.04. The zero-order valence-corrected chi connectivity index (χ0v) is 10.8. The first-order chi connectivity index (χ1) is 8.13. The van der Waals surface area contributed by atoms with Crippen LogP contribution in [0.1, 0.15) is 16.9 Å². The summed E-state index contributed by atoms with van der Waals surface area (Å²) in [6.45, 7) is 0.518. The molecule has 1 rings (SSSR count). The smallest absolute Gasteiger partial charge is 0.269 e. The Hall–Kier alpha value is -1.43. The van der Waals surface area contributed by atoms with Gasteiger partial charge in [0, 0.05) is 48.3 Å². The maximum atomic E-state index is 11.7. The normalized spacial score (nSPS) is 11.9. The second-order valence-corrected chi connectivity index (χ2v) is 5.12. The number of rotatable bonds is 6. The monoisotopic (exact) mass is 255 g/mol. The predicted molar refractivity (Wildman–Crippen MR) is 69.7 cm³/mol. The van der Waals surface area contributed by atoms with E-state index in [-0.39, 0.29) is 5.91 Å². The van der Waals surface area contributed by atoms with Crippen LogP contribution in [0.5, 0.6) is 0 Å². The summed E-state index contributed by atoms with van der Waals surface area (Å²) < 4.78 is 10.8. The maximum Gasteiger partial charge on any atom is 0.269 e. The summed E-state index contributed by atoms with van der Waals surface area (Å²) in [7, 11) is 0.979. The number of hydrogen-bond acceptors (Lipinski definition) is 4. The molecule has 1 heterocycles. The lowest BCUT2D eigenvalue weighted by Crippen LogP contribution is -2.26. The molecule has 6 heteroatoms. The summed E-state index contributed by atoms with van der Waals surface area (Å²) in [5.41, 5.74) is 1.23. The summed E-state index contributed by atoms with van der Waals surface area (Å²) in [6, 6.07) is 3.48.